The number of anilines is 2. The highest BCUT2D eigenvalue weighted by atomic mass is 16.1. The monoisotopic (exact) mass is 363 g/mol. The minimum absolute atomic E-state index is 0.169. The van der Waals surface area contributed by atoms with Crippen LogP contribution in [-0.2, 0) is 0 Å². The number of benzene rings is 2. The van der Waals surface area contributed by atoms with Crippen molar-refractivity contribution in [3.05, 3.63) is 60.4 Å². The Balaban J connectivity index is 1.43. The molecule has 1 aliphatic heterocycles. The van der Waals surface area contributed by atoms with Crippen LogP contribution in [0.4, 0.5) is 11.4 Å². The zero-order chi connectivity index (χ0) is 18.6. The molecule has 1 N–H and O–H groups in total. The van der Waals surface area contributed by atoms with Crippen molar-refractivity contribution in [2.24, 2.45) is 0 Å². The van der Waals surface area contributed by atoms with E-state index in [1.807, 2.05) is 24.3 Å². The molecule has 0 unspecified atom stereocenters. The van der Waals surface area contributed by atoms with Crippen LogP contribution in [0.25, 0.3) is 5.69 Å². The SMILES string of the molecule is CN1CCN(c2ccc(NC(=O)c3cccc(-n4cnnn4)c3)cc2)CC1. The van der Waals surface area contributed by atoms with Crippen molar-refractivity contribution < 1.29 is 4.79 Å². The maximum Gasteiger partial charge on any atom is 0.255 e. The Morgan fingerprint density at radius 2 is 1.78 bits per heavy atom. The Labute approximate surface area is 157 Å². The highest BCUT2D eigenvalue weighted by Gasteiger charge is 2.14. The number of nitrogens with zero attached hydrogens (tertiary/aromatic N) is 6. The molecule has 4 rings (SSSR count). The van der Waals surface area contributed by atoms with E-state index < -0.39 is 0 Å². The molecule has 1 aromatic heterocycles. The lowest BCUT2D eigenvalue weighted by atomic mass is 10.1. The van der Waals surface area contributed by atoms with Crippen LogP contribution in [0.2, 0.25) is 0 Å². The van der Waals surface area contributed by atoms with Crippen molar-refractivity contribution in [2.75, 3.05) is 43.4 Å². The molecule has 0 bridgehead atoms. The Morgan fingerprint density at radius 1 is 1.00 bits per heavy atom. The number of carbonyl (C=O) groups is 1. The molecule has 8 nitrogen and oxygen atoms in total. The summed E-state index contributed by atoms with van der Waals surface area (Å²) in [7, 11) is 2.14. The van der Waals surface area contributed by atoms with Gasteiger partial charge in [-0.05, 0) is 59.9 Å². The van der Waals surface area contributed by atoms with Gasteiger partial charge in [0.15, 0.2) is 0 Å². The van der Waals surface area contributed by atoms with Crippen LogP contribution in [0, 0.1) is 0 Å². The topological polar surface area (TPSA) is 79.2 Å². The molecule has 0 aliphatic carbocycles. The van der Waals surface area contributed by atoms with Crippen molar-refractivity contribution in [1.82, 2.24) is 25.1 Å². The Bertz CT molecular complexity index is 900. The largest absolute Gasteiger partial charge is 0.369 e. The molecule has 3 aromatic rings. The summed E-state index contributed by atoms with van der Waals surface area (Å²) < 4.78 is 1.52. The van der Waals surface area contributed by atoms with Gasteiger partial charge in [0.25, 0.3) is 5.91 Å². The van der Waals surface area contributed by atoms with Crippen LogP contribution in [0.1, 0.15) is 10.4 Å². The molecule has 0 radical (unpaired) electrons. The summed E-state index contributed by atoms with van der Waals surface area (Å²) in [6, 6.07) is 15.2. The molecule has 0 atom stereocenters. The van der Waals surface area contributed by atoms with Crippen LogP contribution in [0.5, 0.6) is 0 Å². The van der Waals surface area contributed by atoms with Crippen molar-refractivity contribution in [1.29, 1.82) is 0 Å². The van der Waals surface area contributed by atoms with E-state index in [0.717, 1.165) is 37.6 Å². The number of nitrogens with one attached hydrogen (secondary N) is 1. The van der Waals surface area contributed by atoms with E-state index in [2.05, 4.69) is 49.8 Å². The summed E-state index contributed by atoms with van der Waals surface area (Å²) in [5.74, 6) is -0.169. The van der Waals surface area contributed by atoms with Crippen molar-refractivity contribution in [3.8, 4) is 5.69 Å². The minimum atomic E-state index is -0.169. The molecule has 1 fully saturated rings. The number of hydrogen-bond acceptors (Lipinski definition) is 6. The predicted octanol–water partition coefficient (Wildman–Crippen LogP) is 1.67. The van der Waals surface area contributed by atoms with E-state index in [9.17, 15) is 4.79 Å². The number of carbonyl (C=O) groups excluding carboxylic acids is 1. The van der Waals surface area contributed by atoms with Crippen LogP contribution in [0.15, 0.2) is 54.9 Å². The van der Waals surface area contributed by atoms with Gasteiger partial charge < -0.3 is 15.1 Å². The molecule has 27 heavy (non-hydrogen) atoms. The first kappa shape index (κ1) is 17.2. The number of likely N-dealkylation sites (N-methyl/N-ethyl adjacent to an activating group) is 1. The van der Waals surface area contributed by atoms with E-state index in [4.69, 9.17) is 0 Å². The average molecular weight is 363 g/mol. The third kappa shape index (κ3) is 3.95. The fraction of sp³-hybridized carbons (Fsp3) is 0.263. The Hall–Kier alpha value is -3.26. The fourth-order valence-electron chi connectivity index (χ4n) is 3.09. The summed E-state index contributed by atoms with van der Waals surface area (Å²) in [4.78, 5) is 17.3. The first-order valence-corrected chi connectivity index (χ1v) is 8.87. The van der Waals surface area contributed by atoms with Gasteiger partial charge in [-0.15, -0.1) is 5.10 Å². The number of amides is 1. The molecule has 0 saturated carbocycles. The summed E-state index contributed by atoms with van der Waals surface area (Å²) in [6.07, 6.45) is 1.49. The number of rotatable bonds is 4. The zero-order valence-electron chi connectivity index (χ0n) is 15.1. The van der Waals surface area contributed by atoms with E-state index in [1.54, 1.807) is 12.1 Å². The maximum absolute atomic E-state index is 12.6. The number of piperazine rings is 1. The highest BCUT2D eigenvalue weighted by Crippen LogP contribution is 2.20. The summed E-state index contributed by atoms with van der Waals surface area (Å²) in [5, 5.41) is 14.0. The van der Waals surface area contributed by atoms with Gasteiger partial charge in [-0.2, -0.15) is 0 Å². The third-order valence-corrected chi connectivity index (χ3v) is 4.72. The molecule has 1 aliphatic rings. The molecular formula is C19H21N7O. The molecule has 2 heterocycles. The van der Waals surface area contributed by atoms with Gasteiger partial charge in [0, 0.05) is 43.1 Å². The molecule has 2 aromatic carbocycles. The normalized spacial score (nSPS) is 14.9. The molecular weight excluding hydrogens is 342 g/mol. The molecule has 1 saturated heterocycles. The van der Waals surface area contributed by atoms with Crippen LogP contribution in [-0.4, -0.2) is 64.2 Å². The first-order valence-electron chi connectivity index (χ1n) is 8.87. The van der Waals surface area contributed by atoms with E-state index in [1.165, 1.54) is 16.7 Å². The lowest BCUT2D eigenvalue weighted by Gasteiger charge is -2.34. The van der Waals surface area contributed by atoms with E-state index >= 15 is 0 Å². The smallest absolute Gasteiger partial charge is 0.255 e. The number of hydrogen-bond donors (Lipinski definition) is 1. The first-order chi connectivity index (χ1) is 13.2. The number of aromatic nitrogens is 4. The summed E-state index contributed by atoms with van der Waals surface area (Å²) >= 11 is 0. The summed E-state index contributed by atoms with van der Waals surface area (Å²) in [6.45, 7) is 4.17. The van der Waals surface area contributed by atoms with Gasteiger partial charge in [-0.1, -0.05) is 6.07 Å². The quantitative estimate of drug-likeness (QED) is 0.760. The van der Waals surface area contributed by atoms with Gasteiger partial charge in [0.2, 0.25) is 0 Å². The highest BCUT2D eigenvalue weighted by molar-refractivity contribution is 6.04. The number of tetrazole rings is 1. The summed E-state index contributed by atoms with van der Waals surface area (Å²) in [5.41, 5.74) is 3.23. The zero-order valence-corrected chi connectivity index (χ0v) is 15.1. The predicted molar refractivity (Wildman–Crippen MR) is 103 cm³/mol. The average Bonchev–Trinajstić information content (AvgIpc) is 3.24. The Morgan fingerprint density at radius 3 is 2.48 bits per heavy atom. The second-order valence-corrected chi connectivity index (χ2v) is 6.60. The van der Waals surface area contributed by atoms with Gasteiger partial charge in [-0.25, -0.2) is 4.68 Å². The van der Waals surface area contributed by atoms with Crippen LogP contribution < -0.4 is 10.2 Å². The maximum atomic E-state index is 12.6. The Kier molecular flexibility index (Phi) is 4.80. The van der Waals surface area contributed by atoms with Crippen LogP contribution >= 0.6 is 0 Å². The minimum Gasteiger partial charge on any atom is -0.369 e. The second kappa shape index (κ2) is 7.55. The van der Waals surface area contributed by atoms with Gasteiger partial charge in [0.05, 0.1) is 5.69 Å². The van der Waals surface area contributed by atoms with Gasteiger partial charge in [0.1, 0.15) is 6.33 Å². The lowest BCUT2D eigenvalue weighted by Crippen LogP contribution is -2.44. The fourth-order valence-corrected chi connectivity index (χ4v) is 3.09. The van der Waals surface area contributed by atoms with Gasteiger partial charge >= 0.3 is 0 Å². The molecule has 0 spiro atoms. The lowest BCUT2D eigenvalue weighted by molar-refractivity contribution is 0.102. The van der Waals surface area contributed by atoms with E-state index in [-0.39, 0.29) is 5.91 Å². The molecule has 138 valence electrons. The van der Waals surface area contributed by atoms with E-state index in [0.29, 0.717) is 5.56 Å². The van der Waals surface area contributed by atoms with Crippen molar-refractivity contribution >= 4 is 17.3 Å². The third-order valence-electron chi connectivity index (χ3n) is 4.72. The van der Waals surface area contributed by atoms with Crippen LogP contribution in [0.3, 0.4) is 0 Å². The molecule has 8 heteroatoms. The second-order valence-electron chi connectivity index (χ2n) is 6.60. The van der Waals surface area contributed by atoms with Gasteiger partial charge in [-0.3, -0.25) is 4.79 Å². The molecule has 1 amide bonds. The van der Waals surface area contributed by atoms with Crippen molar-refractivity contribution in [3.63, 3.8) is 0 Å². The van der Waals surface area contributed by atoms with Crippen molar-refractivity contribution in [2.45, 2.75) is 0 Å². The standard InChI is InChI=1S/C19H21N7O/c1-24-9-11-25(12-10-24)17-7-5-16(6-8-17)21-19(27)15-3-2-4-18(13-15)26-14-20-22-23-26/h2-8,13-14H,9-12H2,1H3,(H,21,27).